The first-order valence-corrected chi connectivity index (χ1v) is 7.61. The van der Waals surface area contributed by atoms with Crippen molar-refractivity contribution in [3.05, 3.63) is 70.6 Å². The van der Waals surface area contributed by atoms with Crippen LogP contribution in [-0.2, 0) is 4.74 Å². The van der Waals surface area contributed by atoms with Crippen molar-refractivity contribution < 1.29 is 18.7 Å². The molecule has 1 N–H and O–H groups in total. The van der Waals surface area contributed by atoms with Crippen molar-refractivity contribution in [1.82, 2.24) is 4.98 Å². The molecule has 1 atom stereocenters. The number of carbonyl (C=O) groups excluding carboxylic acids is 2. The maximum absolute atomic E-state index is 13.7. The molecule has 0 radical (unpaired) electrons. The maximum Gasteiger partial charge on any atom is 0.341 e. The Balaban J connectivity index is 1.81. The summed E-state index contributed by atoms with van der Waals surface area (Å²) in [6.07, 6.45) is 0.507. The van der Waals surface area contributed by atoms with Crippen LogP contribution in [0.1, 0.15) is 27.6 Å². The van der Waals surface area contributed by atoms with Gasteiger partial charge in [-0.05, 0) is 31.2 Å². The lowest BCUT2D eigenvalue weighted by atomic mass is 10.1. The third-order valence-corrected chi connectivity index (χ3v) is 3.89. The van der Waals surface area contributed by atoms with Crippen LogP contribution in [0.2, 0.25) is 5.02 Å². The van der Waals surface area contributed by atoms with Gasteiger partial charge in [-0.1, -0.05) is 29.8 Å². The zero-order chi connectivity index (χ0) is 17.3. The smallest absolute Gasteiger partial charge is 0.341 e. The van der Waals surface area contributed by atoms with Gasteiger partial charge in [-0.2, -0.15) is 0 Å². The lowest BCUT2D eigenvalue weighted by Crippen LogP contribution is -2.24. The molecule has 3 rings (SSSR count). The van der Waals surface area contributed by atoms with Crippen molar-refractivity contribution in [3.8, 4) is 0 Å². The lowest BCUT2D eigenvalue weighted by molar-refractivity contribution is 0.0315. The Hall–Kier alpha value is -2.66. The SMILES string of the molecule is C[C@H](OC(=O)c1cc(Cl)ccc1F)C(=O)c1c[nH]c2ccccc12. The minimum atomic E-state index is -1.06. The molecule has 0 spiro atoms. The van der Waals surface area contributed by atoms with Crippen LogP contribution in [0.4, 0.5) is 4.39 Å². The second kappa shape index (κ2) is 6.45. The van der Waals surface area contributed by atoms with Gasteiger partial charge in [-0.25, -0.2) is 9.18 Å². The van der Waals surface area contributed by atoms with Crippen molar-refractivity contribution in [2.75, 3.05) is 0 Å². The summed E-state index contributed by atoms with van der Waals surface area (Å²) in [6.45, 7) is 1.45. The van der Waals surface area contributed by atoms with Crippen molar-refractivity contribution in [1.29, 1.82) is 0 Å². The lowest BCUT2D eigenvalue weighted by Gasteiger charge is -2.12. The molecule has 0 fully saturated rings. The molecule has 1 aromatic heterocycles. The van der Waals surface area contributed by atoms with Crippen LogP contribution in [0.15, 0.2) is 48.7 Å². The van der Waals surface area contributed by atoms with E-state index in [1.54, 1.807) is 12.3 Å². The Labute approximate surface area is 142 Å². The van der Waals surface area contributed by atoms with Gasteiger partial charge in [-0.15, -0.1) is 0 Å². The minimum Gasteiger partial charge on any atom is -0.451 e. The average Bonchev–Trinajstić information content (AvgIpc) is 3.00. The fraction of sp³-hybridized carbons (Fsp3) is 0.111. The van der Waals surface area contributed by atoms with E-state index >= 15 is 0 Å². The quantitative estimate of drug-likeness (QED) is 0.563. The van der Waals surface area contributed by atoms with E-state index in [1.807, 2.05) is 18.2 Å². The number of carbonyl (C=O) groups is 2. The minimum absolute atomic E-state index is 0.207. The first kappa shape index (κ1) is 16.2. The molecule has 2 aromatic carbocycles. The zero-order valence-electron chi connectivity index (χ0n) is 12.7. The number of H-pyrrole nitrogens is 1. The Morgan fingerprint density at radius 2 is 1.92 bits per heavy atom. The van der Waals surface area contributed by atoms with E-state index in [4.69, 9.17) is 16.3 Å². The number of hydrogen-bond donors (Lipinski definition) is 1. The maximum atomic E-state index is 13.7. The molecule has 6 heteroatoms. The predicted molar refractivity (Wildman–Crippen MR) is 88.9 cm³/mol. The largest absolute Gasteiger partial charge is 0.451 e. The van der Waals surface area contributed by atoms with Gasteiger partial charge in [0.1, 0.15) is 5.82 Å². The summed E-state index contributed by atoms with van der Waals surface area (Å²) in [6, 6.07) is 10.9. The number of benzene rings is 2. The molecule has 24 heavy (non-hydrogen) atoms. The number of esters is 1. The van der Waals surface area contributed by atoms with Crippen LogP contribution in [0.3, 0.4) is 0 Å². The number of Topliss-reactive ketones (excluding diaryl/α,β-unsaturated/α-hetero) is 1. The second-order valence-electron chi connectivity index (χ2n) is 5.28. The van der Waals surface area contributed by atoms with Crippen LogP contribution in [-0.4, -0.2) is 22.8 Å². The van der Waals surface area contributed by atoms with Crippen molar-refractivity contribution in [2.24, 2.45) is 0 Å². The zero-order valence-corrected chi connectivity index (χ0v) is 13.4. The van der Waals surface area contributed by atoms with Crippen LogP contribution >= 0.6 is 11.6 Å². The fourth-order valence-corrected chi connectivity index (χ4v) is 2.60. The molecule has 0 aliphatic carbocycles. The highest BCUT2D eigenvalue weighted by atomic mass is 35.5. The number of ketones is 1. The molecule has 0 amide bonds. The number of rotatable bonds is 4. The number of hydrogen-bond acceptors (Lipinski definition) is 3. The van der Waals surface area contributed by atoms with Crippen LogP contribution in [0.5, 0.6) is 0 Å². The summed E-state index contributed by atoms with van der Waals surface area (Å²) < 4.78 is 18.8. The molecular formula is C18H13ClFNO3. The monoisotopic (exact) mass is 345 g/mol. The van der Waals surface area contributed by atoms with E-state index in [0.717, 1.165) is 17.0 Å². The normalized spacial score (nSPS) is 12.1. The Kier molecular flexibility index (Phi) is 4.36. The van der Waals surface area contributed by atoms with Gasteiger partial charge in [0.15, 0.2) is 6.10 Å². The van der Waals surface area contributed by atoms with Crippen LogP contribution in [0.25, 0.3) is 10.9 Å². The van der Waals surface area contributed by atoms with Crippen molar-refractivity contribution in [2.45, 2.75) is 13.0 Å². The van der Waals surface area contributed by atoms with E-state index in [2.05, 4.69) is 4.98 Å². The summed E-state index contributed by atoms with van der Waals surface area (Å²) >= 11 is 5.76. The first-order valence-electron chi connectivity index (χ1n) is 7.23. The number of fused-ring (bicyclic) bond motifs is 1. The van der Waals surface area contributed by atoms with Crippen molar-refractivity contribution in [3.63, 3.8) is 0 Å². The number of para-hydroxylation sites is 1. The molecule has 0 saturated heterocycles. The second-order valence-corrected chi connectivity index (χ2v) is 5.72. The van der Waals surface area contributed by atoms with Crippen LogP contribution in [0, 0.1) is 5.82 Å². The van der Waals surface area contributed by atoms with Gasteiger partial charge in [0, 0.05) is 27.7 Å². The Bertz CT molecular complexity index is 935. The summed E-state index contributed by atoms with van der Waals surface area (Å²) in [4.78, 5) is 27.6. The molecule has 122 valence electrons. The predicted octanol–water partition coefficient (Wildman–Crippen LogP) is 4.39. The number of aromatic nitrogens is 1. The van der Waals surface area contributed by atoms with E-state index < -0.39 is 17.9 Å². The highest BCUT2D eigenvalue weighted by Crippen LogP contribution is 2.21. The van der Waals surface area contributed by atoms with Crippen LogP contribution < -0.4 is 0 Å². The summed E-state index contributed by atoms with van der Waals surface area (Å²) in [7, 11) is 0. The Morgan fingerprint density at radius 1 is 1.17 bits per heavy atom. The number of halogens is 2. The topological polar surface area (TPSA) is 59.2 Å². The van der Waals surface area contributed by atoms with Gasteiger partial charge < -0.3 is 9.72 Å². The number of nitrogens with one attached hydrogen (secondary N) is 1. The molecule has 4 nitrogen and oxygen atoms in total. The number of ether oxygens (including phenoxy) is 1. The third-order valence-electron chi connectivity index (χ3n) is 3.66. The van der Waals surface area contributed by atoms with E-state index in [9.17, 15) is 14.0 Å². The molecular weight excluding hydrogens is 333 g/mol. The number of aromatic amines is 1. The molecule has 0 unspecified atom stereocenters. The van der Waals surface area contributed by atoms with Gasteiger partial charge in [-0.3, -0.25) is 4.79 Å². The summed E-state index contributed by atoms with van der Waals surface area (Å²) in [5.41, 5.74) is 0.916. The molecule has 3 aromatic rings. The summed E-state index contributed by atoms with van der Waals surface area (Å²) in [5.74, 6) is -2.06. The third kappa shape index (κ3) is 3.03. The van der Waals surface area contributed by atoms with E-state index in [-0.39, 0.29) is 16.4 Å². The molecule has 0 saturated carbocycles. The molecule has 0 aliphatic rings. The standard InChI is InChI=1S/C18H13ClFNO3/c1-10(24-18(23)13-8-11(19)6-7-15(13)20)17(22)14-9-21-16-5-3-2-4-12(14)16/h2-10,21H,1H3/t10-/m0/s1. The van der Waals surface area contributed by atoms with Gasteiger partial charge in [0.2, 0.25) is 5.78 Å². The highest BCUT2D eigenvalue weighted by molar-refractivity contribution is 6.30. The molecule has 0 aliphatic heterocycles. The van der Waals surface area contributed by atoms with Gasteiger partial charge >= 0.3 is 5.97 Å². The average molecular weight is 346 g/mol. The molecule has 1 heterocycles. The van der Waals surface area contributed by atoms with Gasteiger partial charge in [0.25, 0.3) is 0 Å². The van der Waals surface area contributed by atoms with Gasteiger partial charge in [0.05, 0.1) is 5.56 Å². The van der Waals surface area contributed by atoms with E-state index in [0.29, 0.717) is 5.56 Å². The fourth-order valence-electron chi connectivity index (χ4n) is 2.43. The summed E-state index contributed by atoms with van der Waals surface area (Å²) in [5, 5.41) is 0.943. The molecule has 0 bridgehead atoms. The van der Waals surface area contributed by atoms with E-state index in [1.165, 1.54) is 19.1 Å². The highest BCUT2D eigenvalue weighted by Gasteiger charge is 2.24. The van der Waals surface area contributed by atoms with Crippen molar-refractivity contribution >= 4 is 34.3 Å². The first-order chi connectivity index (χ1) is 11.5. The Morgan fingerprint density at radius 3 is 2.71 bits per heavy atom.